The van der Waals surface area contributed by atoms with E-state index in [1.54, 1.807) is 30.3 Å². The molecule has 1 N–H and O–H groups in total. The van der Waals surface area contributed by atoms with Crippen molar-refractivity contribution in [2.24, 2.45) is 0 Å². The Labute approximate surface area is 150 Å². The summed E-state index contributed by atoms with van der Waals surface area (Å²) < 4.78 is 26.0. The molecule has 0 heterocycles. The Bertz CT molecular complexity index is 849. The van der Waals surface area contributed by atoms with Crippen molar-refractivity contribution < 1.29 is 13.2 Å². The molecule has 0 aliphatic heterocycles. The maximum Gasteiger partial charge on any atom is 0.245 e. The molecule has 2 aromatic carbocycles. The zero-order chi connectivity index (χ0) is 17.9. The highest BCUT2D eigenvalue weighted by atomic mass is 79.9. The molecule has 0 radical (unpaired) electrons. The van der Waals surface area contributed by atoms with Crippen LogP contribution in [0.2, 0.25) is 0 Å². The number of nitrogens with zero attached hydrogens (tertiary/aromatic N) is 1. The average molecular weight is 411 g/mol. The smallest absolute Gasteiger partial charge is 0.245 e. The summed E-state index contributed by atoms with van der Waals surface area (Å²) >= 11 is 3.31. The zero-order valence-corrected chi connectivity index (χ0v) is 16.1. The average Bonchev–Trinajstić information content (AvgIpc) is 2.49. The molecule has 0 bridgehead atoms. The first-order chi connectivity index (χ1) is 11.2. The van der Waals surface area contributed by atoms with Crippen LogP contribution in [-0.4, -0.2) is 27.1 Å². The number of aryl methyl sites for hydroxylation is 1. The van der Waals surface area contributed by atoms with Gasteiger partial charge >= 0.3 is 0 Å². The second-order valence-corrected chi connectivity index (χ2v) is 8.36. The Balaban J connectivity index is 2.22. The molecule has 2 rings (SSSR count). The van der Waals surface area contributed by atoms with E-state index in [9.17, 15) is 13.2 Å². The van der Waals surface area contributed by atoms with Crippen molar-refractivity contribution in [1.29, 1.82) is 0 Å². The highest BCUT2D eigenvalue weighted by Crippen LogP contribution is 2.22. The number of halogens is 1. The largest absolute Gasteiger partial charge is 0.324 e. The first-order valence-corrected chi connectivity index (χ1v) is 9.92. The molecule has 128 valence electrons. The van der Waals surface area contributed by atoms with Gasteiger partial charge < -0.3 is 5.32 Å². The minimum absolute atomic E-state index is 0.284. The Morgan fingerprint density at radius 2 is 1.75 bits per heavy atom. The third-order valence-electron chi connectivity index (χ3n) is 3.68. The molecule has 0 spiro atoms. The van der Waals surface area contributed by atoms with Gasteiger partial charge in [-0.3, -0.25) is 9.10 Å². The predicted molar refractivity (Wildman–Crippen MR) is 101 cm³/mol. The van der Waals surface area contributed by atoms with Crippen molar-refractivity contribution in [3.8, 4) is 0 Å². The Kier molecular flexibility index (Phi) is 5.66. The molecule has 0 aliphatic carbocycles. The van der Waals surface area contributed by atoms with E-state index in [1.807, 2.05) is 26.0 Å². The topological polar surface area (TPSA) is 66.5 Å². The van der Waals surface area contributed by atoms with Crippen LogP contribution < -0.4 is 9.62 Å². The molecule has 0 fully saturated rings. The van der Waals surface area contributed by atoms with Crippen LogP contribution in [-0.2, 0) is 14.8 Å². The predicted octanol–water partition coefficient (Wildman–Crippen LogP) is 3.47. The zero-order valence-electron chi connectivity index (χ0n) is 13.7. The highest BCUT2D eigenvalue weighted by Gasteiger charge is 2.21. The second-order valence-electron chi connectivity index (χ2n) is 5.54. The van der Waals surface area contributed by atoms with Gasteiger partial charge in [-0.25, -0.2) is 8.42 Å². The Morgan fingerprint density at radius 3 is 2.33 bits per heavy atom. The molecular weight excluding hydrogens is 392 g/mol. The van der Waals surface area contributed by atoms with Gasteiger partial charge in [-0.1, -0.05) is 28.1 Å². The third-order valence-corrected chi connectivity index (χ3v) is 5.35. The van der Waals surface area contributed by atoms with Crippen LogP contribution in [0.1, 0.15) is 11.1 Å². The SMILES string of the molecule is Cc1cccc(NC(=O)CN(c2ccc(Br)cc2)S(C)(=O)=O)c1C. The van der Waals surface area contributed by atoms with E-state index in [0.717, 1.165) is 26.2 Å². The fourth-order valence-electron chi connectivity index (χ4n) is 2.21. The summed E-state index contributed by atoms with van der Waals surface area (Å²) in [5, 5.41) is 2.78. The molecule has 0 saturated heterocycles. The summed E-state index contributed by atoms with van der Waals surface area (Å²) in [6.07, 6.45) is 1.08. The quantitative estimate of drug-likeness (QED) is 0.820. The van der Waals surface area contributed by atoms with Gasteiger partial charge in [-0.15, -0.1) is 0 Å². The van der Waals surface area contributed by atoms with Crippen molar-refractivity contribution in [3.05, 3.63) is 58.1 Å². The molecule has 24 heavy (non-hydrogen) atoms. The summed E-state index contributed by atoms with van der Waals surface area (Å²) in [4.78, 5) is 12.3. The van der Waals surface area contributed by atoms with Crippen molar-refractivity contribution in [1.82, 2.24) is 0 Å². The van der Waals surface area contributed by atoms with E-state index >= 15 is 0 Å². The van der Waals surface area contributed by atoms with Crippen molar-refractivity contribution in [2.45, 2.75) is 13.8 Å². The van der Waals surface area contributed by atoms with E-state index in [-0.39, 0.29) is 6.54 Å². The lowest BCUT2D eigenvalue weighted by atomic mass is 10.1. The molecule has 0 atom stereocenters. The van der Waals surface area contributed by atoms with E-state index in [0.29, 0.717) is 11.4 Å². The number of rotatable bonds is 5. The number of carbonyl (C=O) groups is 1. The van der Waals surface area contributed by atoms with E-state index in [4.69, 9.17) is 0 Å². The monoisotopic (exact) mass is 410 g/mol. The molecule has 7 heteroatoms. The van der Waals surface area contributed by atoms with Crippen LogP contribution >= 0.6 is 15.9 Å². The lowest BCUT2D eigenvalue weighted by molar-refractivity contribution is -0.114. The van der Waals surface area contributed by atoms with Crippen LogP contribution in [0.4, 0.5) is 11.4 Å². The van der Waals surface area contributed by atoms with Gasteiger partial charge in [0.15, 0.2) is 0 Å². The molecular formula is C17H19BrN2O3S. The first kappa shape index (κ1) is 18.5. The molecule has 1 amide bonds. The minimum Gasteiger partial charge on any atom is -0.324 e. The standard InChI is InChI=1S/C17H19BrN2O3S/c1-12-5-4-6-16(13(12)2)19-17(21)11-20(24(3,22)23)15-9-7-14(18)8-10-15/h4-10H,11H2,1-3H3,(H,19,21). The third kappa shape index (κ3) is 4.58. The number of sulfonamides is 1. The Hall–Kier alpha value is -1.86. The van der Waals surface area contributed by atoms with Crippen molar-refractivity contribution >= 4 is 43.2 Å². The highest BCUT2D eigenvalue weighted by molar-refractivity contribution is 9.10. The normalized spacial score (nSPS) is 11.2. The number of hydrogen-bond acceptors (Lipinski definition) is 3. The lowest BCUT2D eigenvalue weighted by Crippen LogP contribution is -2.37. The summed E-state index contributed by atoms with van der Waals surface area (Å²) in [5.74, 6) is -0.392. The number of anilines is 2. The summed E-state index contributed by atoms with van der Waals surface area (Å²) in [7, 11) is -3.58. The summed E-state index contributed by atoms with van der Waals surface area (Å²) in [5.41, 5.74) is 3.14. The van der Waals surface area contributed by atoms with E-state index in [1.165, 1.54) is 0 Å². The Morgan fingerprint density at radius 1 is 1.12 bits per heavy atom. The fraction of sp³-hybridized carbons (Fsp3) is 0.235. The number of hydrogen-bond donors (Lipinski definition) is 1. The minimum atomic E-state index is -3.58. The lowest BCUT2D eigenvalue weighted by Gasteiger charge is -2.22. The van der Waals surface area contributed by atoms with Gasteiger partial charge in [0, 0.05) is 10.2 Å². The maximum absolute atomic E-state index is 12.3. The van der Waals surface area contributed by atoms with Crippen LogP contribution in [0.3, 0.4) is 0 Å². The fourth-order valence-corrected chi connectivity index (χ4v) is 3.33. The molecule has 0 unspecified atom stereocenters. The molecule has 0 aliphatic rings. The molecule has 2 aromatic rings. The van der Waals surface area contributed by atoms with Gasteiger partial charge in [0.05, 0.1) is 11.9 Å². The van der Waals surface area contributed by atoms with Gasteiger partial charge in [0.25, 0.3) is 0 Å². The van der Waals surface area contributed by atoms with Crippen molar-refractivity contribution in [3.63, 3.8) is 0 Å². The molecule has 5 nitrogen and oxygen atoms in total. The summed E-state index contributed by atoms with van der Waals surface area (Å²) in [6.45, 7) is 3.58. The summed E-state index contributed by atoms with van der Waals surface area (Å²) in [6, 6.07) is 12.4. The van der Waals surface area contributed by atoms with Gasteiger partial charge in [-0.2, -0.15) is 0 Å². The number of amides is 1. The van der Waals surface area contributed by atoms with Crippen LogP contribution in [0, 0.1) is 13.8 Å². The van der Waals surface area contributed by atoms with Gasteiger partial charge in [0.2, 0.25) is 15.9 Å². The number of carbonyl (C=O) groups excluding carboxylic acids is 1. The molecule has 0 saturated carbocycles. The van der Waals surface area contributed by atoms with Crippen LogP contribution in [0.15, 0.2) is 46.9 Å². The van der Waals surface area contributed by atoms with Crippen LogP contribution in [0.5, 0.6) is 0 Å². The second kappa shape index (κ2) is 7.36. The van der Waals surface area contributed by atoms with Crippen molar-refractivity contribution in [2.75, 3.05) is 22.4 Å². The first-order valence-electron chi connectivity index (χ1n) is 7.28. The molecule has 0 aromatic heterocycles. The van der Waals surface area contributed by atoms with Gasteiger partial charge in [-0.05, 0) is 55.3 Å². The number of benzene rings is 2. The van der Waals surface area contributed by atoms with Gasteiger partial charge in [0.1, 0.15) is 6.54 Å². The number of nitrogens with one attached hydrogen (secondary N) is 1. The van der Waals surface area contributed by atoms with E-state index < -0.39 is 15.9 Å². The van der Waals surface area contributed by atoms with Crippen LogP contribution in [0.25, 0.3) is 0 Å². The maximum atomic E-state index is 12.3. The van der Waals surface area contributed by atoms with E-state index in [2.05, 4.69) is 21.2 Å².